The van der Waals surface area contributed by atoms with E-state index in [2.05, 4.69) is 15.5 Å². The molecular weight excluding hydrogens is 536 g/mol. The van der Waals surface area contributed by atoms with Crippen LogP contribution in [0.2, 0.25) is 0 Å². The number of rotatable bonds is 12. The molecule has 0 saturated heterocycles. The summed E-state index contributed by atoms with van der Waals surface area (Å²) in [4.78, 5) is 1.67. The number of H-pyrrole nitrogens is 1. The number of nitrogens with one attached hydrogen (secondary N) is 2. The lowest BCUT2D eigenvalue weighted by molar-refractivity contribution is -0.122. The molecule has 1 unspecified atom stereocenters. The minimum Gasteiger partial charge on any atom is -0.492 e. The zero-order chi connectivity index (χ0) is 29.4. The summed E-state index contributed by atoms with van der Waals surface area (Å²) in [5, 5.41) is 19.3. The molecule has 0 bridgehead atoms. The average molecular weight is 569 g/mol. The van der Waals surface area contributed by atoms with Crippen molar-refractivity contribution in [1.82, 2.24) is 20.4 Å². The number of aromatic nitrogens is 2. The number of aliphatic hydroxyl groups excluding tert-OH is 1. The summed E-state index contributed by atoms with van der Waals surface area (Å²) in [6, 6.07) is 20.0. The normalized spacial score (nSPS) is 13.7. The van der Waals surface area contributed by atoms with Gasteiger partial charge in [-0.25, -0.2) is 0 Å². The average Bonchev–Trinajstić information content (AvgIpc) is 3.32. The Morgan fingerprint density at radius 3 is 2.41 bits per heavy atom. The number of ether oxygens (including phenoxy) is 1. The lowest BCUT2D eigenvalue weighted by atomic mass is 9.87. The van der Waals surface area contributed by atoms with Gasteiger partial charge in [0.15, 0.2) is 0 Å². The van der Waals surface area contributed by atoms with E-state index >= 15 is 0 Å². The first-order valence-corrected chi connectivity index (χ1v) is 13.1. The fourth-order valence-electron chi connectivity index (χ4n) is 4.33. The van der Waals surface area contributed by atoms with Gasteiger partial charge in [0.2, 0.25) is 5.95 Å². The van der Waals surface area contributed by atoms with Crippen molar-refractivity contribution in [2.24, 2.45) is 0 Å². The highest BCUT2D eigenvalue weighted by molar-refractivity contribution is 6.00. The van der Waals surface area contributed by atoms with E-state index in [1.54, 1.807) is 91.8 Å². The van der Waals surface area contributed by atoms with E-state index < -0.39 is 24.8 Å². The first kappa shape index (κ1) is 30.0. The molecule has 0 fully saturated rings. The third kappa shape index (κ3) is 8.26. The van der Waals surface area contributed by atoms with Gasteiger partial charge in [-0.05, 0) is 72.3 Å². The van der Waals surface area contributed by atoms with E-state index in [4.69, 9.17) is 4.74 Å². The molecule has 1 atom stereocenters. The Morgan fingerprint density at radius 2 is 1.73 bits per heavy atom. The molecule has 216 valence electrons. The predicted molar refractivity (Wildman–Crippen MR) is 153 cm³/mol. The number of nitrogens with zero attached hydrogens (tertiary/aromatic N) is 2. The zero-order valence-corrected chi connectivity index (χ0v) is 22.8. The lowest BCUT2D eigenvalue weighted by Crippen LogP contribution is -2.26. The van der Waals surface area contributed by atoms with Crippen LogP contribution in [0.3, 0.4) is 0 Å². The maximum Gasteiger partial charge on any atom is 0.393 e. The first-order chi connectivity index (χ1) is 19.6. The second kappa shape index (κ2) is 13.6. The van der Waals surface area contributed by atoms with Crippen molar-refractivity contribution < 1.29 is 27.4 Å². The Labute approximate surface area is 236 Å². The summed E-state index contributed by atoms with van der Waals surface area (Å²) < 4.78 is 61.8. The fraction of sp³-hybridized carbons (Fsp3) is 0.258. The molecule has 1 aromatic heterocycles. The third-order valence-corrected chi connectivity index (χ3v) is 6.39. The molecule has 1 heterocycles. The van der Waals surface area contributed by atoms with Crippen LogP contribution in [0.5, 0.6) is 5.75 Å². The molecule has 0 aliphatic rings. The highest BCUT2D eigenvalue weighted by Gasteiger charge is 2.31. The molecule has 10 heteroatoms. The summed E-state index contributed by atoms with van der Waals surface area (Å²) in [6.07, 6.45) is -2.78. The van der Waals surface area contributed by atoms with Gasteiger partial charge in [-0.3, -0.25) is 10.00 Å². The van der Waals surface area contributed by atoms with Gasteiger partial charge in [0.05, 0.1) is 17.3 Å². The van der Waals surface area contributed by atoms with Gasteiger partial charge in [-0.15, -0.1) is 0 Å². The third-order valence-electron chi connectivity index (χ3n) is 6.39. The number of aliphatic hydroxyl groups is 1. The summed E-state index contributed by atoms with van der Waals surface area (Å²) in [6.45, 7) is 1.48. The van der Waals surface area contributed by atoms with Crippen molar-refractivity contribution >= 4 is 22.0 Å². The molecule has 0 radical (unpaired) electrons. The molecule has 0 spiro atoms. The maximum absolute atomic E-state index is 14.4. The number of fused-ring (bicyclic) bond motifs is 1. The summed E-state index contributed by atoms with van der Waals surface area (Å²) in [5.74, 6) is -0.0955. The Bertz CT molecular complexity index is 1480. The van der Waals surface area contributed by atoms with Crippen LogP contribution in [0.15, 0.2) is 84.9 Å². The number of hydrogen-bond acceptors (Lipinski definition) is 5. The topological polar surface area (TPSA) is 73.4 Å². The van der Waals surface area contributed by atoms with E-state index in [9.17, 15) is 22.7 Å². The number of allylic oxidation sites excluding steroid dienone is 1. The standard InChI is InChI=1S/C31H32F4N4O2/c1-39(2)28(40)9-6-16-36-17-18-41-24-13-10-22(11-14-24)29(23-12-15-27-25(19-23)30(32)38-37-27)26(20-31(33,34)35)21-7-4-3-5-8-21/h3-15,19,28,36,40H,16-18,20H2,1-2H3,(H,37,38)/b9-6+,29-26+. The molecule has 0 saturated carbocycles. The van der Waals surface area contributed by atoms with E-state index in [-0.39, 0.29) is 11.0 Å². The van der Waals surface area contributed by atoms with Crippen molar-refractivity contribution in [3.05, 3.63) is 108 Å². The van der Waals surface area contributed by atoms with Crippen molar-refractivity contribution in [2.45, 2.75) is 18.8 Å². The predicted octanol–water partition coefficient (Wildman–Crippen LogP) is 6.02. The van der Waals surface area contributed by atoms with Gasteiger partial charge < -0.3 is 15.2 Å². The van der Waals surface area contributed by atoms with Crippen molar-refractivity contribution in [1.29, 1.82) is 0 Å². The van der Waals surface area contributed by atoms with Crippen LogP contribution in [0, 0.1) is 5.95 Å². The Balaban J connectivity index is 1.61. The molecule has 3 N–H and O–H groups in total. The monoisotopic (exact) mass is 568 g/mol. The van der Waals surface area contributed by atoms with Gasteiger partial charge in [-0.1, -0.05) is 54.6 Å². The number of likely N-dealkylation sites (N-methyl/N-ethyl adjacent to an activating group) is 1. The summed E-state index contributed by atoms with van der Waals surface area (Å²) >= 11 is 0. The molecule has 3 aromatic carbocycles. The van der Waals surface area contributed by atoms with Gasteiger partial charge in [0, 0.05) is 13.1 Å². The summed E-state index contributed by atoms with van der Waals surface area (Å²) in [7, 11) is 3.55. The van der Waals surface area contributed by atoms with Crippen LogP contribution in [0.1, 0.15) is 23.1 Å². The number of alkyl halides is 3. The smallest absolute Gasteiger partial charge is 0.393 e. The zero-order valence-electron chi connectivity index (χ0n) is 22.8. The van der Waals surface area contributed by atoms with Crippen molar-refractivity contribution in [2.75, 3.05) is 33.8 Å². The largest absolute Gasteiger partial charge is 0.492 e. The van der Waals surface area contributed by atoms with Crippen molar-refractivity contribution in [3.8, 4) is 5.75 Å². The molecule has 41 heavy (non-hydrogen) atoms. The van der Waals surface area contributed by atoms with Gasteiger partial charge in [0.1, 0.15) is 18.6 Å². The number of benzene rings is 3. The van der Waals surface area contributed by atoms with Crippen LogP contribution >= 0.6 is 0 Å². The van der Waals surface area contributed by atoms with Gasteiger partial charge >= 0.3 is 6.18 Å². The number of hydrogen-bond donors (Lipinski definition) is 3. The van der Waals surface area contributed by atoms with Crippen molar-refractivity contribution in [3.63, 3.8) is 0 Å². The van der Waals surface area contributed by atoms with E-state index in [1.165, 1.54) is 6.07 Å². The quantitative estimate of drug-likeness (QED) is 0.0641. The van der Waals surface area contributed by atoms with Crippen LogP contribution in [-0.2, 0) is 0 Å². The molecule has 6 nitrogen and oxygen atoms in total. The molecule has 4 aromatic rings. The van der Waals surface area contributed by atoms with E-state index in [0.29, 0.717) is 53.2 Å². The maximum atomic E-state index is 14.4. The molecule has 4 rings (SSSR count). The Morgan fingerprint density at radius 1 is 1.02 bits per heavy atom. The fourth-order valence-corrected chi connectivity index (χ4v) is 4.33. The van der Waals surface area contributed by atoms with Crippen LogP contribution in [0.4, 0.5) is 17.6 Å². The Hall–Kier alpha value is -3.99. The molecule has 0 aliphatic carbocycles. The van der Waals surface area contributed by atoms with Crippen LogP contribution in [0.25, 0.3) is 22.0 Å². The first-order valence-electron chi connectivity index (χ1n) is 13.1. The second-order valence-corrected chi connectivity index (χ2v) is 9.66. The van der Waals surface area contributed by atoms with Gasteiger partial charge in [-0.2, -0.15) is 22.7 Å². The number of aromatic amines is 1. The SMILES string of the molecule is CN(C)C(O)/C=C/CNCCOc1ccc(/C(=C(/CC(F)(F)F)c2ccccc2)c2ccc3n[nH]c(F)c3c2)cc1. The minimum absolute atomic E-state index is 0.0756. The summed E-state index contributed by atoms with van der Waals surface area (Å²) in [5.41, 5.74) is 2.19. The lowest BCUT2D eigenvalue weighted by Gasteiger charge is -2.19. The minimum atomic E-state index is -4.47. The van der Waals surface area contributed by atoms with E-state index in [1.807, 2.05) is 6.08 Å². The van der Waals surface area contributed by atoms with Crippen LogP contribution in [-0.4, -0.2) is 66.4 Å². The Kier molecular flexibility index (Phi) is 9.93. The highest BCUT2D eigenvalue weighted by atomic mass is 19.4. The number of halogens is 4. The van der Waals surface area contributed by atoms with E-state index in [0.717, 1.165) is 0 Å². The highest BCUT2D eigenvalue weighted by Crippen LogP contribution is 2.40. The van der Waals surface area contributed by atoms with Gasteiger partial charge in [0.25, 0.3) is 0 Å². The second-order valence-electron chi connectivity index (χ2n) is 9.66. The van der Waals surface area contributed by atoms with Crippen LogP contribution < -0.4 is 10.1 Å². The molecule has 0 aliphatic heterocycles. The molecular formula is C31H32F4N4O2. The molecule has 0 amide bonds.